The van der Waals surface area contributed by atoms with Gasteiger partial charge in [-0.05, 0) is 11.5 Å². The second-order valence-corrected chi connectivity index (χ2v) is 5.66. The highest BCUT2D eigenvalue weighted by Crippen LogP contribution is 2.44. The summed E-state index contributed by atoms with van der Waals surface area (Å²) in [6.45, 7) is 5.57. The Balaban J connectivity index is 2.74. The molecule has 2 N–H and O–H groups in total. The Labute approximate surface area is 107 Å². The molecule has 3 heteroatoms. The Morgan fingerprint density at radius 2 is 1.94 bits per heavy atom. The normalized spacial score (nSPS) is 15.6. The summed E-state index contributed by atoms with van der Waals surface area (Å²) in [4.78, 5) is 4.10. The van der Waals surface area contributed by atoms with Crippen molar-refractivity contribution in [3.63, 3.8) is 0 Å². The van der Waals surface area contributed by atoms with E-state index in [1.165, 1.54) is 0 Å². The van der Waals surface area contributed by atoms with E-state index >= 15 is 4.39 Å². The van der Waals surface area contributed by atoms with Crippen LogP contribution in [-0.2, 0) is 5.67 Å². The van der Waals surface area contributed by atoms with Crippen LogP contribution in [0.25, 0.3) is 10.8 Å². The lowest BCUT2D eigenvalue weighted by Crippen LogP contribution is -2.42. The lowest BCUT2D eigenvalue weighted by atomic mass is 9.72. The number of aromatic nitrogens is 1. The molecule has 2 rings (SSSR count). The minimum Gasteiger partial charge on any atom is -0.327 e. The van der Waals surface area contributed by atoms with Gasteiger partial charge in [0.15, 0.2) is 5.67 Å². The van der Waals surface area contributed by atoms with E-state index in [0.717, 1.165) is 10.8 Å². The van der Waals surface area contributed by atoms with Gasteiger partial charge in [-0.2, -0.15) is 0 Å². The monoisotopic (exact) mass is 246 g/mol. The van der Waals surface area contributed by atoms with Crippen LogP contribution < -0.4 is 5.73 Å². The average Bonchev–Trinajstić information content (AvgIpc) is 2.35. The van der Waals surface area contributed by atoms with Gasteiger partial charge < -0.3 is 5.73 Å². The molecule has 18 heavy (non-hydrogen) atoms. The van der Waals surface area contributed by atoms with Crippen LogP contribution in [0.2, 0.25) is 0 Å². The Kier molecular flexibility index (Phi) is 3.11. The van der Waals surface area contributed by atoms with E-state index in [4.69, 9.17) is 5.73 Å². The van der Waals surface area contributed by atoms with Crippen molar-refractivity contribution in [1.29, 1.82) is 0 Å². The third kappa shape index (κ3) is 1.89. The molecule has 0 aliphatic heterocycles. The molecule has 2 aromatic rings. The van der Waals surface area contributed by atoms with Crippen molar-refractivity contribution in [3.8, 4) is 0 Å². The summed E-state index contributed by atoms with van der Waals surface area (Å²) in [6.07, 6.45) is 3.42. The molecule has 1 heterocycles. The molecule has 96 valence electrons. The highest BCUT2D eigenvalue weighted by molar-refractivity contribution is 5.85. The van der Waals surface area contributed by atoms with Gasteiger partial charge in [-0.25, -0.2) is 4.39 Å². The Morgan fingerprint density at radius 3 is 2.56 bits per heavy atom. The molecule has 0 fully saturated rings. The first-order valence-corrected chi connectivity index (χ1v) is 6.12. The van der Waals surface area contributed by atoms with Gasteiger partial charge in [0.1, 0.15) is 0 Å². The second-order valence-electron chi connectivity index (χ2n) is 5.66. The van der Waals surface area contributed by atoms with Gasteiger partial charge in [0.25, 0.3) is 0 Å². The van der Waals surface area contributed by atoms with Crippen LogP contribution in [0, 0.1) is 5.41 Å². The van der Waals surface area contributed by atoms with E-state index in [2.05, 4.69) is 4.98 Å². The van der Waals surface area contributed by atoms with Crippen molar-refractivity contribution in [1.82, 2.24) is 4.98 Å². The first-order valence-electron chi connectivity index (χ1n) is 6.12. The summed E-state index contributed by atoms with van der Waals surface area (Å²) in [5.74, 6) is 0. The summed E-state index contributed by atoms with van der Waals surface area (Å²) in [7, 11) is 0. The molecule has 1 aromatic heterocycles. The number of hydrogen-bond acceptors (Lipinski definition) is 2. The maximum absolute atomic E-state index is 15.3. The standard InChI is InChI=1S/C15H19FN2/c1-14(2,3)15(16,10-17)13-6-4-5-11-7-8-18-9-12(11)13/h4-9H,10,17H2,1-3H3. The number of benzene rings is 1. The Bertz CT molecular complexity index is 554. The van der Waals surface area contributed by atoms with E-state index in [1.54, 1.807) is 12.4 Å². The van der Waals surface area contributed by atoms with E-state index in [1.807, 2.05) is 45.0 Å². The van der Waals surface area contributed by atoms with Crippen LogP contribution in [0.15, 0.2) is 36.7 Å². The maximum Gasteiger partial charge on any atom is 0.153 e. The predicted molar refractivity (Wildman–Crippen MR) is 73.0 cm³/mol. The maximum atomic E-state index is 15.3. The Hall–Kier alpha value is -1.48. The number of rotatable bonds is 2. The molecule has 0 saturated carbocycles. The first kappa shape index (κ1) is 13.0. The predicted octanol–water partition coefficient (Wildman–Crippen LogP) is 3.40. The first-order chi connectivity index (χ1) is 8.40. The molecule has 0 aliphatic carbocycles. The molecule has 1 aromatic carbocycles. The van der Waals surface area contributed by atoms with Gasteiger partial charge in [-0.15, -0.1) is 0 Å². The smallest absolute Gasteiger partial charge is 0.153 e. The van der Waals surface area contributed by atoms with Crippen LogP contribution in [0.5, 0.6) is 0 Å². The van der Waals surface area contributed by atoms with Crippen molar-refractivity contribution in [2.75, 3.05) is 6.54 Å². The summed E-state index contributed by atoms with van der Waals surface area (Å²) in [5, 5.41) is 1.82. The lowest BCUT2D eigenvalue weighted by molar-refractivity contribution is 0.0358. The highest BCUT2D eigenvalue weighted by atomic mass is 19.1. The van der Waals surface area contributed by atoms with Gasteiger partial charge in [0, 0.05) is 35.3 Å². The third-order valence-electron chi connectivity index (χ3n) is 3.58. The number of halogens is 1. The molecule has 0 bridgehead atoms. The quantitative estimate of drug-likeness (QED) is 0.882. The zero-order valence-corrected chi connectivity index (χ0v) is 11.1. The second kappa shape index (κ2) is 4.32. The van der Waals surface area contributed by atoms with Gasteiger partial charge in [-0.3, -0.25) is 4.98 Å². The SMILES string of the molecule is CC(C)(C)C(F)(CN)c1cccc2ccncc12. The fourth-order valence-corrected chi connectivity index (χ4v) is 2.28. The van der Waals surface area contributed by atoms with Crippen LogP contribution >= 0.6 is 0 Å². The fourth-order valence-electron chi connectivity index (χ4n) is 2.28. The fraction of sp³-hybridized carbons (Fsp3) is 0.400. The van der Waals surface area contributed by atoms with Crippen molar-refractivity contribution < 1.29 is 4.39 Å². The van der Waals surface area contributed by atoms with Crippen molar-refractivity contribution in [3.05, 3.63) is 42.2 Å². The van der Waals surface area contributed by atoms with E-state index in [0.29, 0.717) is 5.56 Å². The molecule has 0 radical (unpaired) electrons. The van der Waals surface area contributed by atoms with Crippen LogP contribution in [0.1, 0.15) is 26.3 Å². The number of nitrogens with two attached hydrogens (primary N) is 1. The lowest BCUT2D eigenvalue weighted by Gasteiger charge is -2.38. The minimum atomic E-state index is -1.56. The number of fused-ring (bicyclic) bond motifs is 1. The summed E-state index contributed by atoms with van der Waals surface area (Å²) in [6, 6.07) is 7.52. The molecule has 0 spiro atoms. The molecular formula is C15H19FN2. The summed E-state index contributed by atoms with van der Waals surface area (Å²) < 4.78 is 15.3. The zero-order chi connectivity index (χ0) is 13.4. The topological polar surface area (TPSA) is 38.9 Å². The molecule has 2 nitrogen and oxygen atoms in total. The average molecular weight is 246 g/mol. The van der Waals surface area contributed by atoms with Crippen molar-refractivity contribution in [2.45, 2.75) is 26.4 Å². The summed E-state index contributed by atoms with van der Waals surface area (Å²) in [5.41, 5.74) is 4.23. The third-order valence-corrected chi connectivity index (χ3v) is 3.58. The molecule has 1 unspecified atom stereocenters. The van der Waals surface area contributed by atoms with E-state index in [-0.39, 0.29) is 6.54 Å². The zero-order valence-electron chi connectivity index (χ0n) is 11.1. The highest BCUT2D eigenvalue weighted by Gasteiger charge is 2.43. The van der Waals surface area contributed by atoms with Crippen LogP contribution in [0.4, 0.5) is 4.39 Å². The molecule has 1 atom stereocenters. The van der Waals surface area contributed by atoms with Gasteiger partial charge >= 0.3 is 0 Å². The number of pyridine rings is 1. The van der Waals surface area contributed by atoms with Crippen molar-refractivity contribution >= 4 is 10.8 Å². The van der Waals surface area contributed by atoms with E-state index in [9.17, 15) is 0 Å². The molecule has 0 amide bonds. The molecule has 0 aliphatic rings. The minimum absolute atomic E-state index is 0.0372. The van der Waals surface area contributed by atoms with Crippen LogP contribution in [0.3, 0.4) is 0 Å². The van der Waals surface area contributed by atoms with Gasteiger partial charge in [-0.1, -0.05) is 39.0 Å². The largest absolute Gasteiger partial charge is 0.327 e. The Morgan fingerprint density at radius 1 is 1.22 bits per heavy atom. The number of nitrogens with zero attached hydrogens (tertiary/aromatic N) is 1. The number of hydrogen-bond donors (Lipinski definition) is 1. The van der Waals surface area contributed by atoms with Gasteiger partial charge in [0.2, 0.25) is 0 Å². The van der Waals surface area contributed by atoms with Crippen molar-refractivity contribution in [2.24, 2.45) is 11.1 Å². The van der Waals surface area contributed by atoms with Crippen LogP contribution in [-0.4, -0.2) is 11.5 Å². The summed E-state index contributed by atoms with van der Waals surface area (Å²) >= 11 is 0. The molecular weight excluding hydrogens is 227 g/mol. The number of alkyl halides is 1. The molecule has 0 saturated heterocycles. The van der Waals surface area contributed by atoms with Gasteiger partial charge in [0.05, 0.1) is 0 Å². The van der Waals surface area contributed by atoms with E-state index < -0.39 is 11.1 Å².